The number of carbonyl (C=O) groups is 3. The molecule has 0 aliphatic carbocycles. The van der Waals surface area contributed by atoms with Crippen molar-refractivity contribution >= 4 is 39.9 Å². The fourth-order valence-corrected chi connectivity index (χ4v) is 5.61. The van der Waals surface area contributed by atoms with Gasteiger partial charge in [0.2, 0.25) is 0 Å². The third-order valence-corrected chi connectivity index (χ3v) is 7.60. The van der Waals surface area contributed by atoms with E-state index in [2.05, 4.69) is 34.6 Å². The first-order valence-corrected chi connectivity index (χ1v) is 13.1. The Kier molecular flexibility index (Phi) is 5.70. The number of carbonyl (C=O) groups excluding carboxylic acids is 3. The van der Waals surface area contributed by atoms with Crippen LogP contribution in [0.3, 0.4) is 0 Å². The summed E-state index contributed by atoms with van der Waals surface area (Å²) < 4.78 is 0. The zero-order valence-electron chi connectivity index (χ0n) is 21.4. The Morgan fingerprint density at radius 2 is 1.50 bits per heavy atom. The topological polar surface area (TPSA) is 98.0 Å². The molecule has 3 aliphatic heterocycles. The molecule has 9 heteroatoms. The van der Waals surface area contributed by atoms with E-state index in [1.54, 1.807) is 24.3 Å². The van der Waals surface area contributed by atoms with Crippen LogP contribution in [0.2, 0.25) is 0 Å². The highest BCUT2D eigenvalue weighted by atomic mass is 16.2. The van der Waals surface area contributed by atoms with E-state index in [0.717, 1.165) is 32.5 Å². The van der Waals surface area contributed by atoms with Gasteiger partial charge in [0.25, 0.3) is 17.7 Å². The molecule has 3 heterocycles. The molecule has 3 unspecified atom stereocenters. The Morgan fingerprint density at radius 1 is 0.800 bits per heavy atom. The SMILES string of the molecule is O=C1C2N=NN(CC(=O)N3N=C(c4ccc5ccccc5c4)CC3c3ccccc3)C2C(=O)N1c1ccccc1. The van der Waals surface area contributed by atoms with Crippen molar-refractivity contribution in [3.05, 3.63) is 114 Å². The molecule has 0 saturated carbocycles. The van der Waals surface area contributed by atoms with E-state index in [1.807, 2.05) is 54.6 Å². The van der Waals surface area contributed by atoms with Crippen LogP contribution < -0.4 is 4.90 Å². The minimum Gasteiger partial charge on any atom is -0.271 e. The quantitative estimate of drug-likeness (QED) is 0.356. The summed E-state index contributed by atoms with van der Waals surface area (Å²) in [5.41, 5.74) is 3.18. The van der Waals surface area contributed by atoms with Crippen molar-refractivity contribution in [3.8, 4) is 0 Å². The maximum Gasteiger partial charge on any atom is 0.264 e. The normalized spacial score (nSPS) is 21.9. The van der Waals surface area contributed by atoms with Crippen molar-refractivity contribution in [1.29, 1.82) is 0 Å². The van der Waals surface area contributed by atoms with Gasteiger partial charge in [-0.15, -0.1) is 0 Å². The largest absolute Gasteiger partial charge is 0.271 e. The molecule has 0 N–H and O–H groups in total. The number of hydrogen-bond donors (Lipinski definition) is 0. The second kappa shape index (κ2) is 9.53. The molecule has 3 atom stereocenters. The third kappa shape index (κ3) is 3.94. The molecule has 1 fully saturated rings. The van der Waals surface area contributed by atoms with Crippen LogP contribution in [0.15, 0.2) is 119 Å². The lowest BCUT2D eigenvalue weighted by Gasteiger charge is -2.25. The van der Waals surface area contributed by atoms with Gasteiger partial charge in [-0.3, -0.25) is 19.4 Å². The fraction of sp³-hybridized carbons (Fsp3) is 0.161. The molecule has 0 bridgehead atoms. The molecule has 0 radical (unpaired) electrons. The highest BCUT2D eigenvalue weighted by molar-refractivity contribution is 6.25. The molecule has 0 spiro atoms. The number of hydrazone groups is 1. The molecule has 196 valence electrons. The molecule has 40 heavy (non-hydrogen) atoms. The van der Waals surface area contributed by atoms with E-state index in [4.69, 9.17) is 5.10 Å². The molecule has 3 aliphatic rings. The van der Waals surface area contributed by atoms with Crippen molar-refractivity contribution in [2.45, 2.75) is 24.5 Å². The van der Waals surface area contributed by atoms with Gasteiger partial charge in [-0.25, -0.2) is 9.91 Å². The van der Waals surface area contributed by atoms with E-state index in [1.165, 1.54) is 10.0 Å². The standard InChI is InChI=1S/C31H24N6O3/c38-27(19-35-29-28(32-34-35)30(39)36(31(29)40)24-13-5-2-6-14-24)37-26(21-10-3-1-4-11-21)18-25(33-37)23-16-15-20-9-7-8-12-22(20)17-23/h1-17,26,28-29H,18-19H2. The van der Waals surface area contributed by atoms with Crippen LogP contribution in [0.1, 0.15) is 23.6 Å². The number of amides is 3. The summed E-state index contributed by atoms with van der Waals surface area (Å²) in [5, 5.41) is 18.0. The number of fused-ring (bicyclic) bond motifs is 2. The molecule has 1 saturated heterocycles. The predicted octanol–water partition coefficient (Wildman–Crippen LogP) is 4.51. The zero-order valence-corrected chi connectivity index (χ0v) is 21.4. The van der Waals surface area contributed by atoms with Crippen molar-refractivity contribution in [2.24, 2.45) is 15.4 Å². The summed E-state index contributed by atoms with van der Waals surface area (Å²) in [6.45, 7) is -0.232. The van der Waals surface area contributed by atoms with Gasteiger partial charge in [0.1, 0.15) is 6.54 Å². The van der Waals surface area contributed by atoms with E-state index < -0.39 is 23.9 Å². The first-order valence-electron chi connectivity index (χ1n) is 13.1. The average Bonchev–Trinajstić information content (AvgIpc) is 3.69. The van der Waals surface area contributed by atoms with E-state index in [0.29, 0.717) is 12.1 Å². The van der Waals surface area contributed by atoms with Gasteiger partial charge in [0.05, 0.1) is 17.4 Å². The lowest BCUT2D eigenvalue weighted by Crippen LogP contribution is -2.44. The molecule has 4 aromatic rings. The second-order valence-electron chi connectivity index (χ2n) is 10.0. The van der Waals surface area contributed by atoms with Crippen LogP contribution >= 0.6 is 0 Å². The van der Waals surface area contributed by atoms with Crippen LogP contribution in [0, 0.1) is 0 Å². The minimum absolute atomic E-state index is 0.232. The first-order chi connectivity index (χ1) is 19.6. The van der Waals surface area contributed by atoms with E-state index in [-0.39, 0.29) is 18.5 Å². The molecule has 9 nitrogen and oxygen atoms in total. The Bertz CT molecular complexity index is 1700. The molecular weight excluding hydrogens is 504 g/mol. The summed E-state index contributed by atoms with van der Waals surface area (Å²) in [4.78, 5) is 41.3. The number of rotatable bonds is 5. The van der Waals surface area contributed by atoms with Crippen LogP contribution in [-0.2, 0) is 14.4 Å². The van der Waals surface area contributed by atoms with Crippen molar-refractivity contribution in [2.75, 3.05) is 11.4 Å². The lowest BCUT2D eigenvalue weighted by molar-refractivity contribution is -0.135. The monoisotopic (exact) mass is 528 g/mol. The summed E-state index contributed by atoms with van der Waals surface area (Å²) >= 11 is 0. The molecular formula is C31H24N6O3. The Morgan fingerprint density at radius 3 is 2.27 bits per heavy atom. The maximum atomic E-state index is 13.8. The van der Waals surface area contributed by atoms with Crippen molar-refractivity contribution < 1.29 is 14.4 Å². The van der Waals surface area contributed by atoms with Gasteiger partial charge in [-0.05, 0) is 40.1 Å². The Labute approximate surface area is 230 Å². The van der Waals surface area contributed by atoms with Crippen LogP contribution in [0.4, 0.5) is 5.69 Å². The van der Waals surface area contributed by atoms with E-state index >= 15 is 0 Å². The summed E-state index contributed by atoms with van der Waals surface area (Å²) in [5.74, 6) is -1.22. The summed E-state index contributed by atoms with van der Waals surface area (Å²) in [6.07, 6.45) is 0.543. The average molecular weight is 529 g/mol. The van der Waals surface area contributed by atoms with Crippen LogP contribution in [-0.4, -0.2) is 52.1 Å². The van der Waals surface area contributed by atoms with Gasteiger partial charge in [0.15, 0.2) is 12.1 Å². The Hall–Kier alpha value is -5.18. The van der Waals surface area contributed by atoms with Gasteiger partial charge in [-0.2, -0.15) is 10.2 Å². The number of imide groups is 1. The van der Waals surface area contributed by atoms with Gasteiger partial charge in [-0.1, -0.05) is 90.2 Å². The zero-order chi connectivity index (χ0) is 27.2. The first kappa shape index (κ1) is 23.9. The minimum atomic E-state index is -0.972. The highest BCUT2D eigenvalue weighted by Crippen LogP contribution is 2.35. The maximum absolute atomic E-state index is 13.8. The number of benzene rings is 4. The van der Waals surface area contributed by atoms with Gasteiger partial charge >= 0.3 is 0 Å². The molecule has 0 aromatic heterocycles. The van der Waals surface area contributed by atoms with Crippen molar-refractivity contribution in [1.82, 2.24) is 10.0 Å². The second-order valence-corrected chi connectivity index (χ2v) is 10.0. The predicted molar refractivity (Wildman–Crippen MR) is 149 cm³/mol. The van der Waals surface area contributed by atoms with Crippen LogP contribution in [0.5, 0.6) is 0 Å². The number of para-hydroxylation sites is 1. The third-order valence-electron chi connectivity index (χ3n) is 7.60. The molecule has 4 aromatic carbocycles. The molecule has 3 amide bonds. The Balaban J connectivity index is 1.17. The van der Waals surface area contributed by atoms with Gasteiger partial charge < -0.3 is 0 Å². The molecule has 7 rings (SSSR count). The van der Waals surface area contributed by atoms with Crippen molar-refractivity contribution in [3.63, 3.8) is 0 Å². The smallest absolute Gasteiger partial charge is 0.264 e. The highest BCUT2D eigenvalue weighted by Gasteiger charge is 2.55. The fourth-order valence-electron chi connectivity index (χ4n) is 5.61. The van der Waals surface area contributed by atoms with E-state index in [9.17, 15) is 14.4 Å². The summed E-state index contributed by atoms with van der Waals surface area (Å²) in [6, 6.07) is 30.5. The van der Waals surface area contributed by atoms with Gasteiger partial charge in [0, 0.05) is 6.42 Å². The van der Waals surface area contributed by atoms with Crippen LogP contribution in [0.25, 0.3) is 10.8 Å². The number of nitrogens with zero attached hydrogens (tertiary/aromatic N) is 6. The number of anilines is 1. The number of hydrogen-bond acceptors (Lipinski definition) is 7. The summed E-state index contributed by atoms with van der Waals surface area (Å²) in [7, 11) is 0. The lowest BCUT2D eigenvalue weighted by atomic mass is 9.97.